The lowest BCUT2D eigenvalue weighted by molar-refractivity contribution is -0.141. The van der Waals surface area contributed by atoms with Crippen molar-refractivity contribution in [3.05, 3.63) is 33.4 Å². The highest BCUT2D eigenvalue weighted by molar-refractivity contribution is 14.1. The lowest BCUT2D eigenvalue weighted by Crippen LogP contribution is -2.24. The number of amides is 1. The minimum atomic E-state index is -0.753. The molecule has 0 aromatic heterocycles. The van der Waals surface area contributed by atoms with Crippen molar-refractivity contribution < 1.29 is 14.7 Å². The number of hydrogen-bond donors (Lipinski definition) is 2. The van der Waals surface area contributed by atoms with Crippen LogP contribution in [-0.4, -0.2) is 23.5 Å². The fourth-order valence-electron chi connectivity index (χ4n) is 1.92. The maximum atomic E-state index is 11.7. The topological polar surface area (TPSA) is 66.4 Å². The van der Waals surface area contributed by atoms with Crippen molar-refractivity contribution in [1.82, 2.24) is 5.32 Å². The van der Waals surface area contributed by atoms with Gasteiger partial charge in [-0.25, -0.2) is 0 Å². The molecule has 0 spiro atoms. The Morgan fingerprint density at radius 2 is 1.90 bits per heavy atom. The number of aliphatic carboxylic acids is 1. The van der Waals surface area contributed by atoms with Crippen LogP contribution < -0.4 is 5.32 Å². The lowest BCUT2D eigenvalue weighted by Gasteiger charge is -2.07. The van der Waals surface area contributed by atoms with Gasteiger partial charge < -0.3 is 10.4 Å². The molecular formula is C16H22INO3. The second-order valence-corrected chi connectivity index (χ2v) is 6.46. The largest absolute Gasteiger partial charge is 0.481 e. The highest BCUT2D eigenvalue weighted by Crippen LogP contribution is 2.09. The number of hydrogen-bond acceptors (Lipinski definition) is 2. The average molecular weight is 401 g/mol. The van der Waals surface area contributed by atoms with E-state index in [4.69, 9.17) is 5.11 Å². The van der Waals surface area contributed by atoms with Gasteiger partial charge >= 0.3 is 5.97 Å². The molecule has 21 heavy (non-hydrogen) atoms. The van der Waals surface area contributed by atoms with Crippen LogP contribution >= 0.6 is 22.6 Å². The zero-order valence-electron chi connectivity index (χ0n) is 12.3. The van der Waals surface area contributed by atoms with Crippen molar-refractivity contribution in [2.45, 2.75) is 39.0 Å². The summed E-state index contributed by atoms with van der Waals surface area (Å²) in [6.07, 6.45) is 3.55. The number of nitrogens with one attached hydrogen (secondary N) is 1. The lowest BCUT2D eigenvalue weighted by atomic mass is 10.0. The monoisotopic (exact) mass is 401 g/mol. The number of benzene rings is 1. The summed E-state index contributed by atoms with van der Waals surface area (Å²) in [5, 5.41) is 11.6. The molecule has 116 valence electrons. The summed E-state index contributed by atoms with van der Waals surface area (Å²) in [6, 6.07) is 8.17. The van der Waals surface area contributed by atoms with Gasteiger partial charge in [0.05, 0.1) is 5.92 Å². The molecule has 0 aliphatic heterocycles. The second kappa shape index (κ2) is 9.76. The van der Waals surface area contributed by atoms with Gasteiger partial charge in [-0.15, -0.1) is 0 Å². The molecule has 0 fully saturated rings. The number of unbranched alkanes of at least 4 members (excludes halogenated alkanes) is 1. The summed E-state index contributed by atoms with van der Waals surface area (Å²) in [5.74, 6) is -1.00. The first-order chi connectivity index (χ1) is 9.99. The standard InChI is InChI=1S/C16H22INO3/c1-12(16(20)21)4-2-3-11-18-15(19)10-7-13-5-8-14(17)9-6-13/h5-6,8-9,12H,2-4,7,10-11H2,1H3,(H,18,19)(H,20,21)/t12-/m0/s1/i17-2. The Labute approximate surface area is 139 Å². The number of carboxylic acid groups (broad SMARTS) is 1. The normalized spacial score (nSPS) is 11.9. The van der Waals surface area contributed by atoms with Gasteiger partial charge in [-0.2, -0.15) is 0 Å². The Bertz CT molecular complexity index is 459. The maximum Gasteiger partial charge on any atom is 0.306 e. The van der Waals surface area contributed by atoms with E-state index in [9.17, 15) is 9.59 Å². The molecule has 0 bridgehead atoms. The molecule has 1 aromatic carbocycles. The van der Waals surface area contributed by atoms with E-state index in [0.717, 1.165) is 19.3 Å². The van der Waals surface area contributed by atoms with E-state index in [-0.39, 0.29) is 11.8 Å². The number of rotatable bonds is 9. The minimum Gasteiger partial charge on any atom is -0.481 e. The number of halogens is 1. The van der Waals surface area contributed by atoms with Crippen molar-refractivity contribution in [3.8, 4) is 0 Å². The Balaban J connectivity index is 2.09. The van der Waals surface area contributed by atoms with E-state index in [1.165, 1.54) is 9.13 Å². The van der Waals surface area contributed by atoms with Crippen molar-refractivity contribution >= 4 is 34.5 Å². The quantitative estimate of drug-likeness (QED) is 0.493. The Hall–Kier alpha value is -1.11. The van der Waals surface area contributed by atoms with E-state index in [0.29, 0.717) is 19.4 Å². The molecule has 0 saturated carbocycles. The van der Waals surface area contributed by atoms with Gasteiger partial charge in [0, 0.05) is 16.5 Å². The van der Waals surface area contributed by atoms with E-state index in [2.05, 4.69) is 27.9 Å². The summed E-state index contributed by atoms with van der Waals surface area (Å²) >= 11 is 2.26. The van der Waals surface area contributed by atoms with Gasteiger partial charge in [0.15, 0.2) is 0 Å². The van der Waals surface area contributed by atoms with E-state index < -0.39 is 5.97 Å². The Morgan fingerprint density at radius 3 is 2.52 bits per heavy atom. The average Bonchev–Trinajstić information content (AvgIpc) is 2.46. The number of carbonyl (C=O) groups excluding carboxylic acids is 1. The third-order valence-electron chi connectivity index (χ3n) is 3.36. The minimum absolute atomic E-state index is 0.0554. The second-order valence-electron chi connectivity index (χ2n) is 5.21. The molecule has 1 rings (SSSR count). The molecule has 0 heterocycles. The van der Waals surface area contributed by atoms with Crippen LogP contribution in [0.5, 0.6) is 0 Å². The van der Waals surface area contributed by atoms with Gasteiger partial charge in [-0.05, 0) is 59.5 Å². The molecule has 0 aliphatic carbocycles. The molecule has 0 aliphatic rings. The van der Waals surface area contributed by atoms with Gasteiger partial charge in [0.1, 0.15) is 0 Å². The molecule has 1 aromatic rings. The summed E-state index contributed by atoms with van der Waals surface area (Å²) in [7, 11) is 0. The Morgan fingerprint density at radius 1 is 1.24 bits per heavy atom. The fraction of sp³-hybridized carbons (Fsp3) is 0.500. The predicted molar refractivity (Wildman–Crippen MR) is 91.1 cm³/mol. The van der Waals surface area contributed by atoms with Crippen molar-refractivity contribution in [2.24, 2.45) is 5.92 Å². The third-order valence-corrected chi connectivity index (χ3v) is 4.08. The molecule has 0 saturated heterocycles. The smallest absolute Gasteiger partial charge is 0.306 e. The first-order valence-electron chi connectivity index (χ1n) is 7.23. The molecule has 4 nitrogen and oxygen atoms in total. The fourth-order valence-corrected chi connectivity index (χ4v) is 2.28. The van der Waals surface area contributed by atoms with Crippen LogP contribution in [0.3, 0.4) is 0 Å². The predicted octanol–water partition coefficient (Wildman–Crippen LogP) is 3.23. The van der Waals surface area contributed by atoms with Crippen LogP contribution in [0.25, 0.3) is 0 Å². The first-order valence-corrected chi connectivity index (χ1v) is 8.31. The highest BCUT2D eigenvalue weighted by Gasteiger charge is 2.09. The van der Waals surface area contributed by atoms with Crippen LogP contribution in [0.15, 0.2) is 24.3 Å². The van der Waals surface area contributed by atoms with Crippen LogP contribution in [0.4, 0.5) is 0 Å². The third kappa shape index (κ3) is 8.04. The molecule has 1 atom stereocenters. The maximum absolute atomic E-state index is 11.7. The van der Waals surface area contributed by atoms with Gasteiger partial charge in [0.25, 0.3) is 0 Å². The first kappa shape index (κ1) is 17.9. The number of carbonyl (C=O) groups is 2. The van der Waals surface area contributed by atoms with Crippen LogP contribution in [0.1, 0.15) is 38.2 Å². The summed E-state index contributed by atoms with van der Waals surface area (Å²) in [4.78, 5) is 22.3. The van der Waals surface area contributed by atoms with Crippen molar-refractivity contribution in [2.75, 3.05) is 6.54 Å². The van der Waals surface area contributed by atoms with E-state index in [1.54, 1.807) is 6.92 Å². The zero-order valence-corrected chi connectivity index (χ0v) is 14.4. The van der Waals surface area contributed by atoms with Crippen LogP contribution in [-0.2, 0) is 16.0 Å². The number of aryl methyl sites for hydroxylation is 1. The van der Waals surface area contributed by atoms with Gasteiger partial charge in [-0.1, -0.05) is 25.5 Å². The van der Waals surface area contributed by atoms with Gasteiger partial charge in [-0.3, -0.25) is 9.59 Å². The molecule has 5 heteroatoms. The molecular weight excluding hydrogens is 379 g/mol. The van der Waals surface area contributed by atoms with Crippen LogP contribution in [0, 0.1) is 9.49 Å². The van der Waals surface area contributed by atoms with Crippen molar-refractivity contribution in [3.63, 3.8) is 0 Å². The summed E-state index contributed by atoms with van der Waals surface area (Å²) in [5.41, 5.74) is 1.17. The van der Waals surface area contributed by atoms with Crippen LogP contribution in [0.2, 0.25) is 0 Å². The van der Waals surface area contributed by atoms with E-state index >= 15 is 0 Å². The molecule has 2 N–H and O–H groups in total. The summed E-state index contributed by atoms with van der Waals surface area (Å²) in [6.45, 7) is 2.33. The SMILES string of the molecule is C[C@@H](CCCCNC(=O)CCc1ccc([125I])cc1)C(=O)O. The zero-order chi connectivity index (χ0) is 15.7. The van der Waals surface area contributed by atoms with E-state index in [1.807, 2.05) is 24.3 Å². The molecule has 1 amide bonds. The summed E-state index contributed by atoms with van der Waals surface area (Å²) < 4.78 is 1.19. The van der Waals surface area contributed by atoms with Gasteiger partial charge in [0.2, 0.25) is 5.91 Å². The molecule has 0 radical (unpaired) electrons. The number of carboxylic acids is 1. The highest BCUT2D eigenvalue weighted by atomic mass is 125. The molecule has 0 unspecified atom stereocenters. The van der Waals surface area contributed by atoms with Crippen molar-refractivity contribution in [1.29, 1.82) is 0 Å². The Kier molecular flexibility index (Phi) is 8.34.